The third kappa shape index (κ3) is 3.23. The fraction of sp³-hybridized carbons (Fsp3) is 0.400. The minimum Gasteiger partial charge on any atom is -0.493 e. The molecule has 5 rings (SSSR count). The van der Waals surface area contributed by atoms with Crippen LogP contribution < -0.4 is 19.7 Å². The first-order chi connectivity index (χ1) is 16.0. The van der Waals surface area contributed by atoms with Crippen molar-refractivity contribution in [3.8, 4) is 11.5 Å². The van der Waals surface area contributed by atoms with Crippen molar-refractivity contribution in [1.82, 2.24) is 10.2 Å². The summed E-state index contributed by atoms with van der Waals surface area (Å²) in [5.74, 6) is 0.316. The highest BCUT2D eigenvalue weighted by atomic mass is 16.5. The molecule has 4 amide bonds. The molecule has 2 atom stereocenters. The predicted octanol–water partition coefficient (Wildman–Crippen LogP) is 2.54. The van der Waals surface area contributed by atoms with E-state index in [1.807, 2.05) is 36.4 Å². The Hall–Kier alpha value is -3.55. The van der Waals surface area contributed by atoms with Gasteiger partial charge >= 0.3 is 6.03 Å². The van der Waals surface area contributed by atoms with Crippen LogP contribution in [0.3, 0.4) is 0 Å². The summed E-state index contributed by atoms with van der Waals surface area (Å²) in [6.45, 7) is 0.965. The fourth-order valence-corrected chi connectivity index (χ4v) is 5.56. The lowest BCUT2D eigenvalue weighted by molar-refractivity contribution is -0.153. The van der Waals surface area contributed by atoms with E-state index in [0.717, 1.165) is 36.2 Å². The number of ether oxygens (including phenoxy) is 2. The van der Waals surface area contributed by atoms with Gasteiger partial charge in [0, 0.05) is 18.8 Å². The molecule has 8 nitrogen and oxygen atoms in total. The Labute approximate surface area is 192 Å². The van der Waals surface area contributed by atoms with Crippen LogP contribution in [0.4, 0.5) is 10.5 Å². The van der Waals surface area contributed by atoms with Crippen molar-refractivity contribution in [1.29, 1.82) is 0 Å². The maximum absolute atomic E-state index is 13.9. The van der Waals surface area contributed by atoms with Crippen LogP contribution in [-0.4, -0.2) is 56.1 Å². The number of anilines is 1. The van der Waals surface area contributed by atoms with Crippen LogP contribution in [0, 0.1) is 5.41 Å². The second kappa shape index (κ2) is 8.10. The van der Waals surface area contributed by atoms with Crippen molar-refractivity contribution in [2.24, 2.45) is 5.41 Å². The number of fused-ring (bicyclic) bond motifs is 4. The van der Waals surface area contributed by atoms with Gasteiger partial charge in [-0.15, -0.1) is 0 Å². The molecule has 2 saturated heterocycles. The molecule has 1 N–H and O–H groups in total. The zero-order chi connectivity index (χ0) is 23.2. The van der Waals surface area contributed by atoms with Crippen molar-refractivity contribution in [2.45, 2.75) is 31.7 Å². The van der Waals surface area contributed by atoms with Crippen molar-refractivity contribution >= 4 is 23.5 Å². The number of hydrogen-bond acceptors (Lipinski definition) is 6. The first-order valence-corrected chi connectivity index (χ1v) is 11.2. The van der Waals surface area contributed by atoms with E-state index in [1.165, 1.54) is 4.90 Å². The largest absolute Gasteiger partial charge is 0.493 e. The van der Waals surface area contributed by atoms with E-state index >= 15 is 0 Å². The molecule has 2 aromatic carbocycles. The van der Waals surface area contributed by atoms with Crippen molar-refractivity contribution in [3.05, 3.63) is 53.6 Å². The van der Waals surface area contributed by atoms with E-state index in [-0.39, 0.29) is 12.6 Å². The van der Waals surface area contributed by atoms with Crippen LogP contribution in [-0.2, 0) is 22.4 Å². The molecule has 172 valence electrons. The van der Waals surface area contributed by atoms with Crippen LogP contribution >= 0.6 is 0 Å². The van der Waals surface area contributed by atoms with Crippen molar-refractivity contribution in [2.75, 3.05) is 32.2 Å². The summed E-state index contributed by atoms with van der Waals surface area (Å²) in [6, 6.07) is 12.5. The average molecular weight is 450 g/mol. The van der Waals surface area contributed by atoms with Gasteiger partial charge in [-0.25, -0.2) is 4.79 Å². The molecule has 2 fully saturated rings. The zero-order valence-corrected chi connectivity index (χ0v) is 18.8. The number of nitrogens with zero attached hydrogens (tertiary/aromatic N) is 2. The number of carbonyl (C=O) groups excluding carboxylic acids is 3. The van der Waals surface area contributed by atoms with Gasteiger partial charge in [0.2, 0.25) is 11.8 Å². The van der Waals surface area contributed by atoms with E-state index in [2.05, 4.69) is 10.2 Å². The smallest absolute Gasteiger partial charge is 0.330 e. The Kier molecular flexibility index (Phi) is 5.23. The lowest BCUT2D eigenvalue weighted by Gasteiger charge is -2.49. The normalized spacial score (nSPS) is 23.9. The number of carbonyl (C=O) groups is 3. The number of amides is 4. The minimum absolute atomic E-state index is 0.170. The second-order valence-electron chi connectivity index (χ2n) is 8.78. The van der Waals surface area contributed by atoms with E-state index in [1.54, 1.807) is 20.3 Å². The quantitative estimate of drug-likeness (QED) is 0.706. The Bertz CT molecular complexity index is 1130. The maximum Gasteiger partial charge on any atom is 0.330 e. The Balaban J connectivity index is 1.45. The number of hydrogen-bond donors (Lipinski definition) is 1. The van der Waals surface area contributed by atoms with E-state index in [0.29, 0.717) is 24.3 Å². The van der Waals surface area contributed by atoms with Crippen LogP contribution in [0.25, 0.3) is 0 Å². The number of para-hydroxylation sites is 1. The standard InChI is InChI=1S/C25H27N3O5/c1-32-19-10-9-16(14-20(19)33-2)11-13-28-23(30)25(22(29)26-24(28)31)15-17-6-3-4-7-18(17)27-12-5-8-21(25)27/h3-4,6-7,9-10,14,21H,5,8,11-13,15H2,1-2H3,(H,26,29,31)/t21-,25+/m1/s1. The molecule has 1 spiro atoms. The number of imide groups is 2. The highest BCUT2D eigenvalue weighted by molar-refractivity contribution is 6.20. The van der Waals surface area contributed by atoms with Crippen LogP contribution in [0.2, 0.25) is 0 Å². The Morgan fingerprint density at radius 1 is 1.06 bits per heavy atom. The molecule has 3 aliphatic heterocycles. The molecule has 3 heterocycles. The van der Waals surface area contributed by atoms with E-state index in [4.69, 9.17) is 9.47 Å². The molecule has 0 unspecified atom stereocenters. The molecule has 8 heteroatoms. The number of benzene rings is 2. The lowest BCUT2D eigenvalue weighted by Crippen LogP contribution is -2.71. The van der Waals surface area contributed by atoms with Gasteiger partial charge in [-0.1, -0.05) is 24.3 Å². The van der Waals surface area contributed by atoms with Gasteiger partial charge in [-0.05, 0) is 55.0 Å². The third-order valence-electron chi connectivity index (χ3n) is 7.16. The minimum atomic E-state index is -1.30. The first-order valence-electron chi connectivity index (χ1n) is 11.2. The number of rotatable bonds is 5. The molecular weight excluding hydrogens is 422 g/mol. The number of methoxy groups -OCH3 is 2. The molecule has 0 radical (unpaired) electrons. The SMILES string of the molecule is COc1ccc(CCN2C(=O)NC(=O)[C@@]3(Cc4ccccc4N4CCC[C@@H]43)C2=O)cc1OC. The summed E-state index contributed by atoms with van der Waals surface area (Å²) in [6.07, 6.45) is 2.38. The van der Waals surface area contributed by atoms with Crippen LogP contribution in [0.15, 0.2) is 42.5 Å². The summed E-state index contributed by atoms with van der Waals surface area (Å²) in [4.78, 5) is 43.3. The summed E-state index contributed by atoms with van der Waals surface area (Å²) in [5, 5.41) is 2.50. The molecule has 0 aromatic heterocycles. The topological polar surface area (TPSA) is 88.2 Å². The van der Waals surface area contributed by atoms with Gasteiger partial charge in [0.25, 0.3) is 0 Å². The van der Waals surface area contributed by atoms with Gasteiger partial charge < -0.3 is 14.4 Å². The summed E-state index contributed by atoms with van der Waals surface area (Å²) >= 11 is 0. The van der Waals surface area contributed by atoms with Crippen molar-refractivity contribution in [3.63, 3.8) is 0 Å². The summed E-state index contributed by atoms with van der Waals surface area (Å²) in [7, 11) is 3.13. The Morgan fingerprint density at radius 3 is 2.64 bits per heavy atom. The van der Waals surface area contributed by atoms with Gasteiger partial charge in [-0.2, -0.15) is 0 Å². The summed E-state index contributed by atoms with van der Waals surface area (Å²) in [5.41, 5.74) is 1.65. The van der Waals surface area contributed by atoms with Gasteiger partial charge in [0.15, 0.2) is 16.9 Å². The molecule has 0 saturated carbocycles. The number of urea groups is 1. The first kappa shape index (κ1) is 21.3. The predicted molar refractivity (Wildman–Crippen MR) is 121 cm³/mol. The number of nitrogens with one attached hydrogen (secondary N) is 1. The lowest BCUT2D eigenvalue weighted by atomic mass is 9.68. The monoisotopic (exact) mass is 449 g/mol. The van der Waals surface area contributed by atoms with E-state index < -0.39 is 23.3 Å². The summed E-state index contributed by atoms with van der Waals surface area (Å²) < 4.78 is 10.6. The van der Waals surface area contributed by atoms with Crippen LogP contribution in [0.1, 0.15) is 24.0 Å². The van der Waals surface area contributed by atoms with E-state index in [9.17, 15) is 14.4 Å². The van der Waals surface area contributed by atoms with Crippen molar-refractivity contribution < 1.29 is 23.9 Å². The molecule has 0 bridgehead atoms. The van der Waals surface area contributed by atoms with Crippen LogP contribution in [0.5, 0.6) is 11.5 Å². The molecular formula is C25H27N3O5. The molecule has 33 heavy (non-hydrogen) atoms. The average Bonchev–Trinajstić information content (AvgIpc) is 3.33. The van der Waals surface area contributed by atoms with Gasteiger partial charge in [0.1, 0.15) is 0 Å². The maximum atomic E-state index is 13.9. The highest BCUT2D eigenvalue weighted by Crippen LogP contribution is 2.48. The molecule has 2 aromatic rings. The molecule has 3 aliphatic rings. The third-order valence-corrected chi connectivity index (χ3v) is 7.16. The fourth-order valence-electron chi connectivity index (χ4n) is 5.56. The number of barbiturate groups is 1. The van der Waals surface area contributed by atoms with Gasteiger partial charge in [0.05, 0.1) is 20.3 Å². The highest BCUT2D eigenvalue weighted by Gasteiger charge is 2.62. The van der Waals surface area contributed by atoms with Gasteiger partial charge in [-0.3, -0.25) is 19.8 Å². The molecule has 0 aliphatic carbocycles. The Morgan fingerprint density at radius 2 is 1.85 bits per heavy atom. The zero-order valence-electron chi connectivity index (χ0n) is 18.8. The second-order valence-corrected chi connectivity index (χ2v) is 8.78.